The first-order chi connectivity index (χ1) is 17.5. The molecule has 0 aliphatic heterocycles. The van der Waals surface area contributed by atoms with E-state index < -0.39 is 0 Å². The fourth-order valence-corrected chi connectivity index (χ4v) is 4.63. The summed E-state index contributed by atoms with van der Waals surface area (Å²) in [7, 11) is 0. The number of hydrogen-bond donors (Lipinski definition) is 4. The first-order valence-corrected chi connectivity index (χ1v) is 12.6. The quantitative estimate of drug-likeness (QED) is 0.261. The first-order valence-electron chi connectivity index (χ1n) is 11.8. The minimum absolute atomic E-state index is 0.0922. The largest absolute Gasteiger partial charge is 0.508 e. The molecular weight excluding hydrogens is 472 g/mol. The van der Waals surface area contributed by atoms with Crippen LogP contribution in [-0.2, 0) is 6.54 Å². The molecule has 0 bridgehead atoms. The number of aryl methyl sites for hydroxylation is 1. The highest BCUT2D eigenvalue weighted by atomic mass is 32.1. The van der Waals surface area contributed by atoms with E-state index >= 15 is 0 Å². The van der Waals surface area contributed by atoms with Gasteiger partial charge in [-0.25, -0.2) is 4.98 Å². The van der Waals surface area contributed by atoms with Gasteiger partial charge in [-0.2, -0.15) is 0 Å². The van der Waals surface area contributed by atoms with E-state index in [2.05, 4.69) is 16.0 Å². The van der Waals surface area contributed by atoms with Crippen LogP contribution in [0.5, 0.6) is 5.75 Å². The van der Waals surface area contributed by atoms with Crippen LogP contribution in [0.25, 0.3) is 11.3 Å². The molecule has 4 N–H and O–H groups in total. The van der Waals surface area contributed by atoms with Crippen molar-refractivity contribution in [2.75, 3.05) is 5.32 Å². The number of hydrogen-bond acceptors (Lipinski definition) is 6. The Morgan fingerprint density at radius 3 is 2.47 bits per heavy atom. The minimum Gasteiger partial charge on any atom is -0.508 e. The summed E-state index contributed by atoms with van der Waals surface area (Å²) in [5, 5.41) is 19.5. The Morgan fingerprint density at radius 2 is 1.75 bits per heavy atom. The van der Waals surface area contributed by atoms with E-state index in [0.717, 1.165) is 35.2 Å². The lowest BCUT2D eigenvalue weighted by molar-refractivity contribution is 0.0944. The number of anilines is 2. The summed E-state index contributed by atoms with van der Waals surface area (Å²) in [5.41, 5.74) is 4.52. The van der Waals surface area contributed by atoms with Crippen molar-refractivity contribution in [3.8, 4) is 17.0 Å². The molecule has 1 aliphatic carbocycles. The summed E-state index contributed by atoms with van der Waals surface area (Å²) in [6, 6.07) is 22.1. The number of aromatic nitrogens is 1. The smallest absolute Gasteiger partial charge is 0.264 e. The number of thiazole rings is 1. The van der Waals surface area contributed by atoms with Crippen LogP contribution in [0.2, 0.25) is 0 Å². The van der Waals surface area contributed by atoms with E-state index in [9.17, 15) is 14.7 Å². The SMILES string of the molecule is Cc1ccc(C(=O)NC2CC2)cc1Nc1nc(-c2ccc(O)cc2)c(C(=O)NCc2ccccc2)s1. The number of nitrogens with zero attached hydrogens (tertiary/aromatic N) is 1. The molecule has 1 aromatic heterocycles. The second-order valence-electron chi connectivity index (χ2n) is 8.81. The van der Waals surface area contributed by atoms with Crippen LogP contribution in [0.15, 0.2) is 72.8 Å². The Balaban J connectivity index is 1.42. The zero-order chi connectivity index (χ0) is 25.1. The monoisotopic (exact) mass is 498 g/mol. The van der Waals surface area contributed by atoms with E-state index in [1.54, 1.807) is 24.3 Å². The Kier molecular flexibility index (Phi) is 6.69. The molecule has 8 heteroatoms. The predicted octanol–water partition coefficient (Wildman–Crippen LogP) is 5.39. The molecule has 1 aliphatic rings. The molecule has 1 fully saturated rings. The van der Waals surface area contributed by atoms with E-state index in [0.29, 0.717) is 27.8 Å². The maximum atomic E-state index is 13.2. The van der Waals surface area contributed by atoms with Gasteiger partial charge in [-0.1, -0.05) is 47.7 Å². The number of nitrogens with one attached hydrogen (secondary N) is 3. The molecule has 0 atom stereocenters. The van der Waals surface area contributed by atoms with Gasteiger partial charge in [-0.05, 0) is 67.3 Å². The van der Waals surface area contributed by atoms with Crippen molar-refractivity contribution in [2.24, 2.45) is 0 Å². The summed E-state index contributed by atoms with van der Waals surface area (Å²) >= 11 is 1.24. The van der Waals surface area contributed by atoms with Gasteiger partial charge in [-0.15, -0.1) is 0 Å². The molecule has 4 aromatic rings. The van der Waals surface area contributed by atoms with E-state index in [-0.39, 0.29) is 23.6 Å². The highest BCUT2D eigenvalue weighted by Gasteiger charge is 2.24. The number of carbonyl (C=O) groups excluding carboxylic acids is 2. The van der Waals surface area contributed by atoms with Gasteiger partial charge in [0.05, 0.1) is 5.69 Å². The highest BCUT2D eigenvalue weighted by Crippen LogP contribution is 2.34. The molecule has 0 saturated heterocycles. The molecular formula is C28H26N4O3S. The normalized spacial score (nSPS) is 12.7. The summed E-state index contributed by atoms with van der Waals surface area (Å²) in [6.45, 7) is 2.35. The first kappa shape index (κ1) is 23.6. The lowest BCUT2D eigenvalue weighted by Crippen LogP contribution is -2.25. The standard InChI is InChI=1S/C28H26N4O3S/c1-17-7-8-20(26(34)30-21-11-12-21)15-23(17)31-28-32-24(19-9-13-22(33)14-10-19)25(36-28)27(35)29-16-18-5-3-2-4-6-18/h2-10,13-15,21,33H,11-12,16H2,1H3,(H,29,35)(H,30,34)(H,31,32). The summed E-state index contributed by atoms with van der Waals surface area (Å²) in [5.74, 6) is -0.188. The Hall–Kier alpha value is -4.17. The fourth-order valence-electron chi connectivity index (χ4n) is 3.71. The minimum atomic E-state index is -0.234. The third-order valence-corrected chi connectivity index (χ3v) is 6.89. The predicted molar refractivity (Wildman–Crippen MR) is 142 cm³/mol. The average molecular weight is 499 g/mol. The summed E-state index contributed by atoms with van der Waals surface area (Å²) < 4.78 is 0. The van der Waals surface area contributed by atoms with Crippen LogP contribution in [0.3, 0.4) is 0 Å². The van der Waals surface area contributed by atoms with Crippen LogP contribution in [0.4, 0.5) is 10.8 Å². The van der Waals surface area contributed by atoms with Crippen molar-refractivity contribution in [2.45, 2.75) is 32.4 Å². The van der Waals surface area contributed by atoms with Gasteiger partial charge in [0.1, 0.15) is 10.6 Å². The van der Waals surface area contributed by atoms with E-state index in [1.807, 2.05) is 55.5 Å². The maximum absolute atomic E-state index is 13.2. The summed E-state index contributed by atoms with van der Waals surface area (Å²) in [4.78, 5) is 30.9. The second kappa shape index (κ2) is 10.2. The van der Waals surface area contributed by atoms with Crippen molar-refractivity contribution < 1.29 is 14.7 Å². The van der Waals surface area contributed by atoms with Crippen LogP contribution in [0.1, 0.15) is 44.0 Å². The third-order valence-electron chi connectivity index (χ3n) is 5.92. The Bertz CT molecular complexity index is 1400. The highest BCUT2D eigenvalue weighted by molar-refractivity contribution is 7.18. The van der Waals surface area contributed by atoms with Gasteiger partial charge in [0, 0.05) is 29.4 Å². The molecule has 36 heavy (non-hydrogen) atoms. The molecule has 3 aromatic carbocycles. The number of rotatable bonds is 8. The van der Waals surface area contributed by atoms with Crippen molar-refractivity contribution in [3.05, 3.63) is 94.4 Å². The van der Waals surface area contributed by atoms with Crippen LogP contribution < -0.4 is 16.0 Å². The van der Waals surface area contributed by atoms with Gasteiger partial charge in [0.15, 0.2) is 5.13 Å². The number of carbonyl (C=O) groups is 2. The lowest BCUT2D eigenvalue weighted by Gasteiger charge is -2.10. The van der Waals surface area contributed by atoms with Gasteiger partial charge >= 0.3 is 0 Å². The molecule has 0 unspecified atom stereocenters. The van der Waals surface area contributed by atoms with Gasteiger partial charge < -0.3 is 21.1 Å². The van der Waals surface area contributed by atoms with Gasteiger partial charge in [0.2, 0.25) is 0 Å². The molecule has 182 valence electrons. The maximum Gasteiger partial charge on any atom is 0.264 e. The van der Waals surface area contributed by atoms with Gasteiger partial charge in [-0.3, -0.25) is 9.59 Å². The molecule has 2 amide bonds. The zero-order valence-corrected chi connectivity index (χ0v) is 20.6. The number of phenols is 1. The lowest BCUT2D eigenvalue weighted by atomic mass is 10.1. The molecule has 1 heterocycles. The second-order valence-corrected chi connectivity index (χ2v) is 9.81. The van der Waals surface area contributed by atoms with Crippen molar-refractivity contribution in [1.82, 2.24) is 15.6 Å². The Morgan fingerprint density at radius 1 is 1.00 bits per heavy atom. The third kappa shape index (κ3) is 5.55. The van der Waals surface area contributed by atoms with Gasteiger partial charge in [0.25, 0.3) is 11.8 Å². The number of phenolic OH excluding ortho intramolecular Hbond substituents is 1. The van der Waals surface area contributed by atoms with Crippen LogP contribution >= 0.6 is 11.3 Å². The molecule has 1 saturated carbocycles. The summed E-state index contributed by atoms with van der Waals surface area (Å²) in [6.07, 6.45) is 2.05. The number of benzene rings is 3. The number of aromatic hydroxyl groups is 1. The van der Waals surface area contributed by atoms with Crippen molar-refractivity contribution in [1.29, 1.82) is 0 Å². The number of amides is 2. The average Bonchev–Trinajstić information content (AvgIpc) is 3.61. The fraction of sp³-hybridized carbons (Fsp3) is 0.179. The van der Waals surface area contributed by atoms with E-state index in [4.69, 9.17) is 4.98 Å². The van der Waals surface area contributed by atoms with E-state index in [1.165, 1.54) is 11.3 Å². The Labute approximate surface area is 213 Å². The van der Waals surface area contributed by atoms with Crippen molar-refractivity contribution in [3.63, 3.8) is 0 Å². The van der Waals surface area contributed by atoms with Crippen LogP contribution in [0, 0.1) is 6.92 Å². The zero-order valence-electron chi connectivity index (χ0n) is 19.7. The molecule has 5 rings (SSSR count). The van der Waals surface area contributed by atoms with Crippen LogP contribution in [-0.4, -0.2) is 27.9 Å². The molecule has 7 nitrogen and oxygen atoms in total. The molecule has 0 radical (unpaired) electrons. The van der Waals surface area contributed by atoms with Crippen molar-refractivity contribution >= 4 is 34.0 Å². The molecule has 0 spiro atoms. The topological polar surface area (TPSA) is 103 Å².